The van der Waals surface area contributed by atoms with Gasteiger partial charge in [0.2, 0.25) is 5.95 Å². The highest BCUT2D eigenvalue weighted by Crippen LogP contribution is 2.27. The summed E-state index contributed by atoms with van der Waals surface area (Å²) in [5.74, 6) is 1.40. The van der Waals surface area contributed by atoms with E-state index in [0.717, 1.165) is 18.9 Å². The number of morpholine rings is 1. The molecule has 0 bridgehead atoms. The molecule has 2 heterocycles. The van der Waals surface area contributed by atoms with Crippen LogP contribution in [-0.4, -0.2) is 41.8 Å². The number of anilines is 2. The molecule has 1 aromatic heterocycles. The number of rotatable bonds is 3. The van der Waals surface area contributed by atoms with Crippen molar-refractivity contribution in [1.29, 1.82) is 0 Å². The summed E-state index contributed by atoms with van der Waals surface area (Å²) in [6.07, 6.45) is 1.84. The summed E-state index contributed by atoms with van der Waals surface area (Å²) in [5, 5.41) is 3.68. The molecule has 0 spiro atoms. The predicted octanol–water partition coefficient (Wildman–Crippen LogP) is 2.18. The zero-order chi connectivity index (χ0) is 13.1. The molecule has 0 radical (unpaired) electrons. The molecule has 0 aromatic carbocycles. The van der Waals surface area contributed by atoms with Gasteiger partial charge >= 0.3 is 0 Å². The first kappa shape index (κ1) is 13.4. The lowest BCUT2D eigenvalue weighted by Crippen LogP contribution is -2.48. The topological polar surface area (TPSA) is 50.3 Å². The van der Waals surface area contributed by atoms with E-state index in [-0.39, 0.29) is 12.1 Å². The van der Waals surface area contributed by atoms with E-state index < -0.39 is 0 Å². The van der Waals surface area contributed by atoms with Gasteiger partial charge in [-0.15, -0.1) is 0 Å². The number of aromatic nitrogens is 2. The third kappa shape index (κ3) is 2.84. The number of halogens is 1. The number of hydrogen-bond acceptors (Lipinski definition) is 5. The van der Waals surface area contributed by atoms with Gasteiger partial charge in [-0.1, -0.05) is 11.6 Å². The fraction of sp³-hybridized carbons (Fsp3) is 0.667. The van der Waals surface area contributed by atoms with Gasteiger partial charge in [-0.05, 0) is 20.8 Å². The molecule has 0 aliphatic carbocycles. The van der Waals surface area contributed by atoms with Crippen LogP contribution in [0.25, 0.3) is 0 Å². The van der Waals surface area contributed by atoms with Crippen LogP contribution in [0, 0.1) is 0 Å². The molecule has 1 N–H and O–H groups in total. The second kappa shape index (κ2) is 5.71. The van der Waals surface area contributed by atoms with Crippen molar-refractivity contribution in [3.63, 3.8) is 0 Å². The van der Waals surface area contributed by atoms with Crippen LogP contribution in [0.15, 0.2) is 6.20 Å². The Morgan fingerprint density at radius 3 is 3.06 bits per heavy atom. The molecule has 1 aliphatic rings. The minimum absolute atomic E-state index is 0.190. The zero-order valence-electron chi connectivity index (χ0n) is 11.0. The molecular formula is C12H19ClN4O. The van der Waals surface area contributed by atoms with Crippen LogP contribution in [0.1, 0.15) is 20.8 Å². The summed E-state index contributed by atoms with van der Waals surface area (Å²) in [5.41, 5.74) is 0. The molecule has 0 amide bonds. The summed E-state index contributed by atoms with van der Waals surface area (Å²) in [7, 11) is 0. The number of nitrogens with one attached hydrogen (secondary N) is 1. The first-order valence-electron chi connectivity index (χ1n) is 6.26. The van der Waals surface area contributed by atoms with Crippen LogP contribution in [0.2, 0.25) is 5.02 Å². The standard InChI is InChI=1S/C12H19ClN4O/c1-4-14-12-15-5-10(13)11(16-12)17-6-9(3)18-7-8(17)2/h5,8-9H,4,6-7H2,1-3H3,(H,14,15,16). The van der Waals surface area contributed by atoms with Crippen molar-refractivity contribution in [2.45, 2.75) is 32.9 Å². The Hall–Kier alpha value is -1.07. The maximum Gasteiger partial charge on any atom is 0.224 e. The van der Waals surface area contributed by atoms with E-state index in [4.69, 9.17) is 16.3 Å². The summed E-state index contributed by atoms with van der Waals surface area (Å²) in [6, 6.07) is 0.267. The van der Waals surface area contributed by atoms with Gasteiger partial charge in [0, 0.05) is 13.1 Å². The Labute approximate surface area is 113 Å². The smallest absolute Gasteiger partial charge is 0.224 e. The Bertz CT molecular complexity index is 415. The minimum atomic E-state index is 0.190. The van der Waals surface area contributed by atoms with Crippen molar-refractivity contribution in [1.82, 2.24) is 9.97 Å². The van der Waals surface area contributed by atoms with Crippen molar-refractivity contribution in [3.05, 3.63) is 11.2 Å². The quantitative estimate of drug-likeness (QED) is 0.912. The van der Waals surface area contributed by atoms with Gasteiger partial charge in [-0.2, -0.15) is 4.98 Å². The van der Waals surface area contributed by atoms with Crippen molar-refractivity contribution in [2.24, 2.45) is 0 Å². The zero-order valence-corrected chi connectivity index (χ0v) is 11.7. The average molecular weight is 271 g/mol. The Kier molecular flexibility index (Phi) is 4.24. The average Bonchev–Trinajstić information content (AvgIpc) is 2.35. The molecule has 1 aromatic rings. The molecule has 1 aliphatic heterocycles. The van der Waals surface area contributed by atoms with Gasteiger partial charge < -0.3 is 15.0 Å². The van der Waals surface area contributed by atoms with Gasteiger partial charge in [0.1, 0.15) is 5.02 Å². The largest absolute Gasteiger partial charge is 0.375 e. The van der Waals surface area contributed by atoms with Gasteiger partial charge in [0.05, 0.1) is 24.9 Å². The van der Waals surface area contributed by atoms with Crippen molar-refractivity contribution in [2.75, 3.05) is 29.9 Å². The fourth-order valence-corrected chi connectivity index (χ4v) is 2.20. The van der Waals surface area contributed by atoms with Crippen LogP contribution >= 0.6 is 11.6 Å². The number of nitrogens with zero attached hydrogens (tertiary/aromatic N) is 3. The van der Waals surface area contributed by atoms with Crippen molar-refractivity contribution < 1.29 is 4.74 Å². The van der Waals surface area contributed by atoms with Gasteiger partial charge in [0.15, 0.2) is 5.82 Å². The van der Waals surface area contributed by atoms with E-state index in [9.17, 15) is 0 Å². The van der Waals surface area contributed by atoms with Gasteiger partial charge in [-0.3, -0.25) is 0 Å². The van der Waals surface area contributed by atoms with Crippen LogP contribution < -0.4 is 10.2 Å². The highest BCUT2D eigenvalue weighted by molar-refractivity contribution is 6.32. The van der Waals surface area contributed by atoms with Gasteiger partial charge in [-0.25, -0.2) is 4.98 Å². The fourth-order valence-electron chi connectivity index (χ4n) is 2.00. The summed E-state index contributed by atoms with van der Waals surface area (Å²) < 4.78 is 5.62. The van der Waals surface area contributed by atoms with E-state index in [1.807, 2.05) is 6.92 Å². The molecule has 2 atom stereocenters. The van der Waals surface area contributed by atoms with Crippen LogP contribution in [-0.2, 0) is 4.74 Å². The molecule has 6 heteroatoms. The number of hydrogen-bond donors (Lipinski definition) is 1. The lowest BCUT2D eigenvalue weighted by molar-refractivity contribution is 0.0340. The highest BCUT2D eigenvalue weighted by Gasteiger charge is 2.26. The second-order valence-corrected chi connectivity index (χ2v) is 4.95. The molecule has 0 saturated carbocycles. The summed E-state index contributed by atoms with van der Waals surface area (Å²) >= 11 is 6.21. The Balaban J connectivity index is 2.27. The molecule has 5 nitrogen and oxygen atoms in total. The highest BCUT2D eigenvalue weighted by atomic mass is 35.5. The summed E-state index contributed by atoms with van der Waals surface area (Å²) in [4.78, 5) is 10.8. The Morgan fingerprint density at radius 2 is 2.33 bits per heavy atom. The van der Waals surface area contributed by atoms with Gasteiger partial charge in [0.25, 0.3) is 0 Å². The SMILES string of the molecule is CCNc1ncc(Cl)c(N2CC(C)OCC2C)n1. The molecule has 1 saturated heterocycles. The second-order valence-electron chi connectivity index (χ2n) is 4.54. The monoisotopic (exact) mass is 270 g/mol. The Morgan fingerprint density at radius 1 is 1.56 bits per heavy atom. The lowest BCUT2D eigenvalue weighted by Gasteiger charge is -2.38. The molecular weight excluding hydrogens is 252 g/mol. The molecule has 2 rings (SSSR count). The minimum Gasteiger partial charge on any atom is -0.375 e. The van der Waals surface area contributed by atoms with Crippen LogP contribution in [0.3, 0.4) is 0 Å². The van der Waals surface area contributed by atoms with Crippen LogP contribution in [0.4, 0.5) is 11.8 Å². The first-order chi connectivity index (χ1) is 8.61. The third-order valence-corrected chi connectivity index (χ3v) is 3.21. The van der Waals surface area contributed by atoms with E-state index in [1.54, 1.807) is 6.20 Å². The summed E-state index contributed by atoms with van der Waals surface area (Å²) in [6.45, 7) is 8.45. The van der Waals surface area contributed by atoms with E-state index in [1.165, 1.54) is 0 Å². The molecule has 2 unspecified atom stereocenters. The first-order valence-corrected chi connectivity index (χ1v) is 6.64. The van der Waals surface area contributed by atoms with Crippen LogP contribution in [0.5, 0.6) is 0 Å². The van der Waals surface area contributed by atoms with E-state index in [2.05, 4.69) is 34.0 Å². The van der Waals surface area contributed by atoms with Crippen molar-refractivity contribution in [3.8, 4) is 0 Å². The molecule has 100 valence electrons. The normalized spacial score (nSPS) is 24.1. The molecule has 18 heavy (non-hydrogen) atoms. The maximum atomic E-state index is 6.21. The lowest BCUT2D eigenvalue weighted by atomic mass is 10.2. The van der Waals surface area contributed by atoms with E-state index >= 15 is 0 Å². The maximum absolute atomic E-state index is 6.21. The number of ether oxygens (including phenoxy) is 1. The molecule has 1 fully saturated rings. The predicted molar refractivity (Wildman–Crippen MR) is 73.4 cm³/mol. The van der Waals surface area contributed by atoms with E-state index in [0.29, 0.717) is 17.6 Å². The third-order valence-electron chi connectivity index (χ3n) is 2.94. The van der Waals surface area contributed by atoms with Crippen molar-refractivity contribution >= 4 is 23.4 Å².